The summed E-state index contributed by atoms with van der Waals surface area (Å²) in [5, 5.41) is 0. The molecule has 0 aliphatic carbocycles. The number of carbonyl (C=O) groups excluding carboxylic acids is 2. The fraction of sp³-hybridized carbons (Fsp3) is 0.167. The Morgan fingerprint density at radius 1 is 0.903 bits per heavy atom. The minimum atomic E-state index is -4.14. The van der Waals surface area contributed by atoms with E-state index in [2.05, 4.69) is 0 Å². The Balaban J connectivity index is 1.74. The lowest BCUT2D eigenvalue weighted by atomic mass is 10.0. The molecule has 0 N–H and O–H groups in total. The number of para-hydroxylation sites is 2. The number of anilines is 2. The maximum Gasteiger partial charge on any atom is 0.274 e. The van der Waals surface area contributed by atoms with E-state index in [1.54, 1.807) is 54.6 Å². The van der Waals surface area contributed by atoms with Gasteiger partial charge in [0.25, 0.3) is 10.8 Å². The molecule has 2 aliphatic heterocycles. The third-order valence-corrected chi connectivity index (χ3v) is 7.96. The van der Waals surface area contributed by atoms with E-state index in [9.17, 15) is 18.0 Å². The first-order valence-electron chi connectivity index (χ1n) is 9.94. The maximum absolute atomic E-state index is 14.0. The summed E-state index contributed by atoms with van der Waals surface area (Å²) in [5.74, 6) is -1.93. The Morgan fingerprint density at radius 3 is 2.35 bits per heavy atom. The number of aryl methyl sites for hydroxylation is 1. The van der Waals surface area contributed by atoms with Crippen LogP contribution in [0.2, 0.25) is 0 Å². The van der Waals surface area contributed by atoms with Crippen LogP contribution >= 0.6 is 0 Å². The summed E-state index contributed by atoms with van der Waals surface area (Å²) in [6.07, 6.45) is 0. The highest BCUT2D eigenvalue weighted by Crippen LogP contribution is 2.52. The first-order chi connectivity index (χ1) is 14.9. The molecule has 1 spiro atoms. The lowest BCUT2D eigenvalue weighted by Gasteiger charge is -2.32. The molecule has 3 aromatic carbocycles. The monoisotopic (exact) mass is 432 g/mol. The summed E-state index contributed by atoms with van der Waals surface area (Å²) < 4.78 is 27.0. The summed E-state index contributed by atoms with van der Waals surface area (Å²) in [5.41, 5.74) is 3.14. The number of sulfone groups is 1. The Bertz CT molecular complexity index is 1320. The fourth-order valence-electron chi connectivity index (χ4n) is 4.62. The Morgan fingerprint density at radius 2 is 1.61 bits per heavy atom. The zero-order valence-corrected chi connectivity index (χ0v) is 17.7. The number of hydrogen-bond acceptors (Lipinski definition) is 4. The standard InChI is InChI=1S/C24H20N2O4S/c1-17-8-7-9-18(14-17)15-25-21-13-6-5-12-20(21)24(23(25)28)26(19-10-3-2-4-11-19)22(27)16-31(24,29)30/h2-14H,15-16H2,1H3/t24-/m1/s1. The van der Waals surface area contributed by atoms with Crippen LogP contribution in [0.5, 0.6) is 0 Å². The summed E-state index contributed by atoms with van der Waals surface area (Å²) in [7, 11) is -4.14. The number of hydrogen-bond donors (Lipinski definition) is 0. The van der Waals surface area contributed by atoms with E-state index < -0.39 is 32.3 Å². The Labute approximate surface area is 180 Å². The van der Waals surface area contributed by atoms with Crippen LogP contribution in [0.25, 0.3) is 0 Å². The molecule has 0 saturated carbocycles. The van der Waals surface area contributed by atoms with Gasteiger partial charge in [0.15, 0.2) is 9.84 Å². The molecule has 2 heterocycles. The molecule has 156 valence electrons. The van der Waals surface area contributed by atoms with Gasteiger partial charge in [-0.15, -0.1) is 0 Å². The topological polar surface area (TPSA) is 74.8 Å². The van der Waals surface area contributed by atoms with E-state index in [1.807, 2.05) is 31.2 Å². The quantitative estimate of drug-likeness (QED) is 0.637. The largest absolute Gasteiger partial charge is 0.304 e. The second-order valence-electron chi connectivity index (χ2n) is 7.87. The summed E-state index contributed by atoms with van der Waals surface area (Å²) in [6, 6.07) is 23.1. The third-order valence-electron chi connectivity index (χ3n) is 5.86. The van der Waals surface area contributed by atoms with Crippen LogP contribution in [-0.4, -0.2) is 26.0 Å². The minimum Gasteiger partial charge on any atom is -0.304 e. The molecule has 3 aromatic rings. The van der Waals surface area contributed by atoms with Gasteiger partial charge in [-0.3, -0.25) is 14.5 Å². The molecule has 5 rings (SSSR count). The van der Waals surface area contributed by atoms with Gasteiger partial charge in [0.05, 0.1) is 12.2 Å². The molecule has 2 aliphatic rings. The number of nitrogens with zero attached hydrogens (tertiary/aromatic N) is 2. The van der Waals surface area contributed by atoms with Crippen LogP contribution in [0.15, 0.2) is 78.9 Å². The third kappa shape index (κ3) is 2.66. The van der Waals surface area contributed by atoms with Crippen molar-refractivity contribution in [2.75, 3.05) is 15.6 Å². The van der Waals surface area contributed by atoms with E-state index in [1.165, 1.54) is 9.80 Å². The normalized spacial score (nSPS) is 21.7. The van der Waals surface area contributed by atoms with Crippen molar-refractivity contribution in [3.8, 4) is 0 Å². The SMILES string of the molecule is Cc1cccc(CN2C(=O)[C@]3(c4ccccc42)N(c2ccccc2)C(=O)CS3(=O)=O)c1. The predicted molar refractivity (Wildman–Crippen MR) is 118 cm³/mol. The fourth-order valence-corrected chi connectivity index (χ4v) is 6.65. The van der Waals surface area contributed by atoms with Crippen molar-refractivity contribution in [1.82, 2.24) is 0 Å². The van der Waals surface area contributed by atoms with Gasteiger partial charge in [0, 0.05) is 11.3 Å². The van der Waals surface area contributed by atoms with Crippen LogP contribution < -0.4 is 9.80 Å². The highest BCUT2D eigenvalue weighted by atomic mass is 32.2. The number of fused-ring (bicyclic) bond motifs is 2. The molecular formula is C24H20N2O4S. The first kappa shape index (κ1) is 19.5. The summed E-state index contributed by atoms with van der Waals surface area (Å²) in [6.45, 7) is 2.17. The van der Waals surface area contributed by atoms with E-state index in [0.717, 1.165) is 11.1 Å². The molecule has 0 aromatic heterocycles. The highest BCUT2D eigenvalue weighted by molar-refractivity contribution is 7.94. The van der Waals surface area contributed by atoms with Gasteiger partial charge < -0.3 is 4.90 Å². The van der Waals surface area contributed by atoms with Crippen molar-refractivity contribution < 1.29 is 18.0 Å². The van der Waals surface area contributed by atoms with Crippen LogP contribution in [0.1, 0.15) is 16.7 Å². The summed E-state index contributed by atoms with van der Waals surface area (Å²) >= 11 is 0. The zero-order chi connectivity index (χ0) is 21.8. The lowest BCUT2D eigenvalue weighted by Crippen LogP contribution is -2.54. The predicted octanol–water partition coefficient (Wildman–Crippen LogP) is 3.16. The van der Waals surface area contributed by atoms with Gasteiger partial charge in [-0.1, -0.05) is 66.2 Å². The zero-order valence-electron chi connectivity index (χ0n) is 16.9. The van der Waals surface area contributed by atoms with Crippen molar-refractivity contribution in [1.29, 1.82) is 0 Å². The van der Waals surface area contributed by atoms with Crippen molar-refractivity contribution in [2.24, 2.45) is 0 Å². The minimum absolute atomic E-state index is 0.214. The van der Waals surface area contributed by atoms with E-state index >= 15 is 0 Å². The molecule has 1 fully saturated rings. The number of carbonyl (C=O) groups is 2. The van der Waals surface area contributed by atoms with Gasteiger partial charge in [-0.2, -0.15) is 0 Å². The van der Waals surface area contributed by atoms with Crippen LogP contribution in [0, 0.1) is 6.92 Å². The number of rotatable bonds is 3. The smallest absolute Gasteiger partial charge is 0.274 e. The van der Waals surface area contributed by atoms with Gasteiger partial charge in [-0.25, -0.2) is 8.42 Å². The van der Waals surface area contributed by atoms with E-state index in [-0.39, 0.29) is 6.54 Å². The van der Waals surface area contributed by atoms with Crippen LogP contribution in [0.3, 0.4) is 0 Å². The van der Waals surface area contributed by atoms with Gasteiger partial charge in [0.1, 0.15) is 5.75 Å². The Hall–Kier alpha value is -3.45. The van der Waals surface area contributed by atoms with Crippen molar-refractivity contribution >= 4 is 33.0 Å². The molecule has 0 bridgehead atoms. The van der Waals surface area contributed by atoms with E-state index in [4.69, 9.17) is 0 Å². The number of benzene rings is 3. The second-order valence-corrected chi connectivity index (χ2v) is 9.97. The van der Waals surface area contributed by atoms with Crippen molar-refractivity contribution in [2.45, 2.75) is 18.3 Å². The molecule has 7 heteroatoms. The summed E-state index contributed by atoms with van der Waals surface area (Å²) in [4.78, 5) is 27.5. The molecule has 0 unspecified atom stereocenters. The van der Waals surface area contributed by atoms with Crippen molar-refractivity contribution in [3.63, 3.8) is 0 Å². The van der Waals surface area contributed by atoms with Gasteiger partial charge in [0.2, 0.25) is 5.91 Å². The molecule has 2 amide bonds. The first-order valence-corrected chi connectivity index (χ1v) is 11.6. The lowest BCUT2D eigenvalue weighted by molar-refractivity contribution is -0.123. The maximum atomic E-state index is 14.0. The van der Waals surface area contributed by atoms with E-state index in [0.29, 0.717) is 16.9 Å². The van der Waals surface area contributed by atoms with Crippen LogP contribution in [0.4, 0.5) is 11.4 Å². The van der Waals surface area contributed by atoms with Crippen LogP contribution in [-0.2, 0) is 30.8 Å². The highest BCUT2D eigenvalue weighted by Gasteiger charge is 2.69. The molecular weight excluding hydrogens is 412 g/mol. The average Bonchev–Trinajstić information content (AvgIpc) is 3.12. The second kappa shape index (κ2) is 6.78. The van der Waals surface area contributed by atoms with Crippen molar-refractivity contribution in [3.05, 3.63) is 95.6 Å². The molecule has 31 heavy (non-hydrogen) atoms. The Kier molecular flexibility index (Phi) is 4.27. The average molecular weight is 433 g/mol. The van der Waals surface area contributed by atoms with Gasteiger partial charge >= 0.3 is 0 Å². The molecule has 1 saturated heterocycles. The molecule has 6 nitrogen and oxygen atoms in total. The molecule has 0 radical (unpaired) electrons. The number of amides is 2. The van der Waals surface area contributed by atoms with Gasteiger partial charge in [-0.05, 0) is 30.7 Å². The molecule has 1 atom stereocenters.